The Hall–Kier alpha value is -1.63. The first kappa shape index (κ1) is 7.99. The third-order valence-corrected chi connectivity index (χ3v) is 2.29. The summed E-state index contributed by atoms with van der Waals surface area (Å²) in [5.41, 5.74) is 11.2. The Morgan fingerprint density at radius 3 is 1.77 bits per heavy atom. The molecule has 1 heterocycles. The molecule has 6 nitrogen and oxygen atoms in total. The van der Waals surface area contributed by atoms with Crippen LogP contribution in [0.3, 0.4) is 0 Å². The first-order valence-corrected chi connectivity index (χ1v) is 4.65. The van der Waals surface area contributed by atoms with Crippen molar-refractivity contribution in [2.75, 3.05) is 11.5 Å². The van der Waals surface area contributed by atoms with Gasteiger partial charge in [0.25, 0.3) is 0 Å². The molecule has 0 aliphatic carbocycles. The largest absolute Gasteiger partial charge is 0.501 e. The average molecular weight is 202 g/mol. The van der Waals surface area contributed by atoms with E-state index in [1.165, 1.54) is 12.1 Å². The van der Waals surface area contributed by atoms with Crippen LogP contribution in [0.25, 0.3) is 0 Å². The van der Waals surface area contributed by atoms with Crippen molar-refractivity contribution < 1.29 is 16.8 Å². The topological polar surface area (TPSA) is 105 Å². The second-order valence-corrected chi connectivity index (χ2v) is 3.63. The summed E-state index contributed by atoms with van der Waals surface area (Å²) >= 11 is 0. The lowest BCUT2D eigenvalue weighted by Crippen LogP contribution is -2.08. The maximum atomic E-state index is 10.8. The Morgan fingerprint density at radius 1 is 1.00 bits per heavy atom. The first-order valence-electron chi connectivity index (χ1n) is 3.31. The Kier molecular flexibility index (Phi) is 1.35. The van der Waals surface area contributed by atoms with Crippen LogP contribution in [0.1, 0.15) is 0 Å². The molecule has 1 aliphatic heterocycles. The molecule has 7 heteroatoms. The molecule has 0 radical (unpaired) electrons. The van der Waals surface area contributed by atoms with Gasteiger partial charge in [0, 0.05) is 0 Å². The smallest absolute Gasteiger partial charge is 0.396 e. The third kappa shape index (κ3) is 1.13. The van der Waals surface area contributed by atoms with Crippen molar-refractivity contribution in [2.45, 2.75) is 0 Å². The Labute approximate surface area is 74.4 Å². The van der Waals surface area contributed by atoms with E-state index in [4.69, 9.17) is 11.5 Å². The van der Waals surface area contributed by atoms with Crippen molar-refractivity contribution in [2.24, 2.45) is 0 Å². The van der Waals surface area contributed by atoms with Crippen molar-refractivity contribution >= 4 is 21.8 Å². The van der Waals surface area contributed by atoms with Gasteiger partial charge in [0.15, 0.2) is 0 Å². The molecule has 0 saturated heterocycles. The minimum absolute atomic E-state index is 0.0417. The van der Waals surface area contributed by atoms with Gasteiger partial charge in [-0.3, -0.25) is 0 Å². The van der Waals surface area contributed by atoms with E-state index in [9.17, 15) is 8.42 Å². The predicted molar refractivity (Wildman–Crippen MR) is 45.4 cm³/mol. The molecule has 70 valence electrons. The van der Waals surface area contributed by atoms with Gasteiger partial charge in [-0.15, -0.1) is 8.42 Å². The van der Waals surface area contributed by atoms with E-state index in [0.29, 0.717) is 0 Å². The zero-order valence-electron chi connectivity index (χ0n) is 6.35. The Morgan fingerprint density at radius 2 is 1.38 bits per heavy atom. The normalized spacial score (nSPS) is 17.2. The zero-order chi connectivity index (χ0) is 9.64. The quantitative estimate of drug-likeness (QED) is 0.567. The maximum absolute atomic E-state index is 10.8. The number of benzene rings is 1. The van der Waals surface area contributed by atoms with Gasteiger partial charge in [-0.2, -0.15) is 0 Å². The standard InChI is InChI=1S/C6H6N2O4S/c7-3-1-2-4(8)6-5(3)11-13(9,10)12-6/h1-2H,7-8H2. The van der Waals surface area contributed by atoms with Crippen molar-refractivity contribution in [1.82, 2.24) is 0 Å². The highest BCUT2D eigenvalue weighted by molar-refractivity contribution is 7.82. The fraction of sp³-hybridized carbons (Fsp3) is 0. The number of rotatable bonds is 0. The van der Waals surface area contributed by atoms with Crippen LogP contribution in [0.5, 0.6) is 11.5 Å². The molecular weight excluding hydrogens is 196 g/mol. The van der Waals surface area contributed by atoms with E-state index in [2.05, 4.69) is 8.37 Å². The summed E-state index contributed by atoms with van der Waals surface area (Å²) in [5, 5.41) is 0. The van der Waals surface area contributed by atoms with Gasteiger partial charge in [-0.1, -0.05) is 0 Å². The highest BCUT2D eigenvalue weighted by atomic mass is 32.3. The highest BCUT2D eigenvalue weighted by Crippen LogP contribution is 2.44. The number of hydrogen-bond donors (Lipinski definition) is 2. The molecule has 1 aromatic carbocycles. The lowest BCUT2D eigenvalue weighted by atomic mass is 10.2. The molecule has 13 heavy (non-hydrogen) atoms. The van der Waals surface area contributed by atoms with Gasteiger partial charge < -0.3 is 19.8 Å². The third-order valence-electron chi connectivity index (χ3n) is 1.54. The number of anilines is 2. The second kappa shape index (κ2) is 2.19. The monoisotopic (exact) mass is 202 g/mol. The molecule has 2 rings (SSSR count). The SMILES string of the molecule is Nc1ccc(N)c2c1OS(=O)(=O)O2. The van der Waals surface area contributed by atoms with E-state index in [0.717, 1.165) is 0 Å². The number of nitrogen functional groups attached to an aromatic ring is 2. The van der Waals surface area contributed by atoms with Crippen LogP contribution in [-0.2, 0) is 10.4 Å². The molecule has 0 aromatic heterocycles. The van der Waals surface area contributed by atoms with Gasteiger partial charge >= 0.3 is 10.4 Å². The van der Waals surface area contributed by atoms with Gasteiger partial charge in [0.2, 0.25) is 11.5 Å². The maximum Gasteiger partial charge on any atom is 0.501 e. The predicted octanol–water partition coefficient (Wildman–Crippen LogP) is -0.133. The van der Waals surface area contributed by atoms with E-state index in [1.54, 1.807) is 0 Å². The summed E-state index contributed by atoms with van der Waals surface area (Å²) in [6, 6.07) is 2.89. The molecule has 0 saturated carbocycles. The van der Waals surface area contributed by atoms with E-state index >= 15 is 0 Å². The van der Waals surface area contributed by atoms with Crippen LogP contribution in [0, 0.1) is 0 Å². The van der Waals surface area contributed by atoms with Crippen molar-refractivity contribution in [3.05, 3.63) is 12.1 Å². The van der Waals surface area contributed by atoms with Crippen molar-refractivity contribution in [3.63, 3.8) is 0 Å². The van der Waals surface area contributed by atoms with Crippen LogP contribution in [0.4, 0.5) is 11.4 Å². The van der Waals surface area contributed by atoms with E-state index < -0.39 is 10.4 Å². The molecule has 0 atom stereocenters. The Bertz CT molecular complexity index is 431. The van der Waals surface area contributed by atoms with Crippen LogP contribution >= 0.6 is 0 Å². The number of fused-ring (bicyclic) bond motifs is 1. The summed E-state index contributed by atoms with van der Waals surface area (Å²) < 4.78 is 30.6. The fourth-order valence-corrected chi connectivity index (χ4v) is 1.77. The molecule has 1 aliphatic rings. The van der Waals surface area contributed by atoms with Crippen LogP contribution < -0.4 is 19.8 Å². The van der Waals surface area contributed by atoms with Gasteiger partial charge in [-0.25, -0.2) is 0 Å². The summed E-state index contributed by atoms with van der Waals surface area (Å²) in [4.78, 5) is 0. The molecule has 0 fully saturated rings. The Balaban J connectivity index is 2.69. The van der Waals surface area contributed by atoms with Gasteiger partial charge in [0.1, 0.15) is 0 Å². The summed E-state index contributed by atoms with van der Waals surface area (Å²) in [5.74, 6) is -0.0833. The van der Waals surface area contributed by atoms with Gasteiger partial charge in [-0.05, 0) is 12.1 Å². The highest BCUT2D eigenvalue weighted by Gasteiger charge is 2.32. The number of hydrogen-bond acceptors (Lipinski definition) is 6. The van der Waals surface area contributed by atoms with Crippen molar-refractivity contribution in [3.8, 4) is 11.5 Å². The lowest BCUT2D eigenvalue weighted by Gasteiger charge is -1.99. The van der Waals surface area contributed by atoms with Gasteiger partial charge in [0.05, 0.1) is 11.4 Å². The molecule has 4 N–H and O–H groups in total. The zero-order valence-corrected chi connectivity index (χ0v) is 7.17. The molecule has 1 aromatic rings. The minimum atomic E-state index is -4.01. The summed E-state index contributed by atoms with van der Waals surface area (Å²) in [7, 11) is -4.01. The van der Waals surface area contributed by atoms with Crippen LogP contribution in [0.15, 0.2) is 12.1 Å². The first-order chi connectivity index (χ1) is 5.99. The summed E-state index contributed by atoms with van der Waals surface area (Å²) in [6.07, 6.45) is 0. The van der Waals surface area contributed by atoms with Crippen molar-refractivity contribution in [1.29, 1.82) is 0 Å². The molecule has 0 spiro atoms. The minimum Gasteiger partial charge on any atom is -0.396 e. The van der Waals surface area contributed by atoms with E-state index in [1.807, 2.05) is 0 Å². The molecule has 0 bridgehead atoms. The molecule has 0 amide bonds. The van der Waals surface area contributed by atoms with Crippen LogP contribution in [0.2, 0.25) is 0 Å². The van der Waals surface area contributed by atoms with Crippen LogP contribution in [-0.4, -0.2) is 8.42 Å². The average Bonchev–Trinajstić information content (AvgIpc) is 2.35. The molecular formula is C6H6N2O4S. The fourth-order valence-electron chi connectivity index (χ4n) is 0.986. The number of nitrogens with two attached hydrogens (primary N) is 2. The molecule has 0 unspecified atom stereocenters. The van der Waals surface area contributed by atoms with E-state index in [-0.39, 0.29) is 22.9 Å². The second-order valence-electron chi connectivity index (χ2n) is 2.48. The summed E-state index contributed by atoms with van der Waals surface area (Å²) in [6.45, 7) is 0. The lowest BCUT2D eigenvalue weighted by molar-refractivity contribution is 0.437.